The zero-order valence-corrected chi connectivity index (χ0v) is 15.0. The number of rotatable bonds is 3. The van der Waals surface area contributed by atoms with E-state index in [4.69, 9.17) is 0 Å². The molecule has 6 nitrogen and oxygen atoms in total. The van der Waals surface area contributed by atoms with Gasteiger partial charge in [0.2, 0.25) is 5.91 Å². The molecule has 0 bridgehead atoms. The van der Waals surface area contributed by atoms with Gasteiger partial charge < -0.3 is 4.90 Å². The van der Waals surface area contributed by atoms with Crippen LogP contribution in [0.5, 0.6) is 0 Å². The second-order valence-electron chi connectivity index (χ2n) is 6.77. The van der Waals surface area contributed by atoms with E-state index >= 15 is 0 Å². The molecule has 1 fully saturated rings. The minimum Gasteiger partial charge on any atom is -0.340 e. The maximum atomic E-state index is 12.6. The maximum absolute atomic E-state index is 12.6. The highest BCUT2D eigenvalue weighted by molar-refractivity contribution is 5.81. The lowest BCUT2D eigenvalue weighted by molar-refractivity contribution is -0.145. The van der Waals surface area contributed by atoms with Gasteiger partial charge in [-0.05, 0) is 25.0 Å². The van der Waals surface area contributed by atoms with Crippen LogP contribution >= 0.6 is 0 Å². The van der Waals surface area contributed by atoms with Gasteiger partial charge in [-0.15, -0.1) is 0 Å². The Morgan fingerprint density at radius 2 is 1.96 bits per heavy atom. The van der Waals surface area contributed by atoms with Crippen LogP contribution in [0.25, 0.3) is 10.9 Å². The van der Waals surface area contributed by atoms with Crippen LogP contribution in [0.15, 0.2) is 29.3 Å². The van der Waals surface area contributed by atoms with Crippen LogP contribution < -0.4 is 5.56 Å². The molecule has 0 saturated carbocycles. The fourth-order valence-corrected chi connectivity index (χ4v) is 3.33. The van der Waals surface area contributed by atoms with Crippen molar-refractivity contribution in [2.75, 3.05) is 32.7 Å². The van der Waals surface area contributed by atoms with E-state index in [1.807, 2.05) is 13.0 Å². The molecule has 1 aliphatic heterocycles. The van der Waals surface area contributed by atoms with Gasteiger partial charge in [0, 0.05) is 26.2 Å². The SMILES string of the molecule is Cc1cccc2c(=O)n(CC(=O)N3CCCN(CC(F)(F)F)CC3)cnc12. The van der Waals surface area contributed by atoms with E-state index in [2.05, 4.69) is 4.98 Å². The lowest BCUT2D eigenvalue weighted by Crippen LogP contribution is -2.40. The summed E-state index contributed by atoms with van der Waals surface area (Å²) in [5, 5.41) is 0.442. The number of para-hydroxylation sites is 1. The quantitative estimate of drug-likeness (QED) is 0.812. The van der Waals surface area contributed by atoms with Crippen molar-refractivity contribution in [2.45, 2.75) is 26.1 Å². The number of carbonyl (C=O) groups excluding carboxylic acids is 1. The average Bonchev–Trinajstić information content (AvgIpc) is 2.82. The first-order valence-electron chi connectivity index (χ1n) is 8.76. The molecule has 1 amide bonds. The average molecular weight is 382 g/mol. The predicted octanol–water partition coefficient (Wildman–Crippen LogP) is 1.80. The van der Waals surface area contributed by atoms with E-state index in [0.717, 1.165) is 5.56 Å². The molecule has 0 aliphatic carbocycles. The van der Waals surface area contributed by atoms with E-state index in [0.29, 0.717) is 30.4 Å². The van der Waals surface area contributed by atoms with E-state index in [1.165, 1.54) is 20.7 Å². The fourth-order valence-electron chi connectivity index (χ4n) is 3.33. The van der Waals surface area contributed by atoms with E-state index < -0.39 is 12.7 Å². The highest BCUT2D eigenvalue weighted by Gasteiger charge is 2.31. The molecule has 0 spiro atoms. The first-order valence-corrected chi connectivity index (χ1v) is 8.76. The van der Waals surface area contributed by atoms with Crippen molar-refractivity contribution in [3.05, 3.63) is 40.4 Å². The summed E-state index contributed by atoms with van der Waals surface area (Å²) in [4.78, 5) is 32.3. The highest BCUT2D eigenvalue weighted by atomic mass is 19.4. The number of benzene rings is 1. The molecule has 0 radical (unpaired) electrons. The number of hydrogen-bond acceptors (Lipinski definition) is 4. The second-order valence-corrected chi connectivity index (χ2v) is 6.77. The number of aryl methyl sites for hydroxylation is 1. The fraction of sp³-hybridized carbons (Fsp3) is 0.500. The van der Waals surface area contributed by atoms with Gasteiger partial charge in [0.1, 0.15) is 6.54 Å². The van der Waals surface area contributed by atoms with Crippen LogP contribution in [0.4, 0.5) is 13.2 Å². The summed E-state index contributed by atoms with van der Waals surface area (Å²) in [7, 11) is 0. The third kappa shape index (κ3) is 4.65. The number of amides is 1. The Morgan fingerprint density at radius 1 is 1.19 bits per heavy atom. The standard InChI is InChI=1S/C18H21F3N4O2/c1-13-4-2-5-14-16(13)22-12-25(17(14)27)10-15(26)24-7-3-6-23(8-9-24)11-18(19,20)21/h2,4-5,12H,3,6-11H2,1H3. The van der Waals surface area contributed by atoms with Crippen LogP contribution in [0.3, 0.4) is 0 Å². The Bertz CT molecular complexity index is 894. The Hall–Kier alpha value is -2.42. The molecule has 3 rings (SSSR count). The summed E-state index contributed by atoms with van der Waals surface area (Å²) in [5.74, 6) is -0.292. The Balaban J connectivity index is 1.70. The van der Waals surface area contributed by atoms with Gasteiger partial charge in [0.25, 0.3) is 5.56 Å². The minimum atomic E-state index is -4.25. The molecular formula is C18H21F3N4O2. The third-order valence-electron chi connectivity index (χ3n) is 4.70. The van der Waals surface area contributed by atoms with Crippen molar-refractivity contribution in [2.24, 2.45) is 0 Å². The first-order chi connectivity index (χ1) is 12.7. The van der Waals surface area contributed by atoms with Gasteiger partial charge >= 0.3 is 6.18 Å². The zero-order chi connectivity index (χ0) is 19.6. The van der Waals surface area contributed by atoms with Crippen molar-refractivity contribution in [3.8, 4) is 0 Å². The van der Waals surface area contributed by atoms with Crippen molar-refractivity contribution in [1.82, 2.24) is 19.4 Å². The molecule has 2 heterocycles. The number of carbonyl (C=O) groups is 1. The predicted molar refractivity (Wildman–Crippen MR) is 94.4 cm³/mol. The van der Waals surface area contributed by atoms with Crippen LogP contribution in [0.1, 0.15) is 12.0 Å². The largest absolute Gasteiger partial charge is 0.401 e. The highest BCUT2D eigenvalue weighted by Crippen LogP contribution is 2.17. The summed E-state index contributed by atoms with van der Waals surface area (Å²) >= 11 is 0. The lowest BCUT2D eigenvalue weighted by Gasteiger charge is -2.23. The van der Waals surface area contributed by atoms with Gasteiger partial charge in [0.05, 0.1) is 23.8 Å². The van der Waals surface area contributed by atoms with Gasteiger partial charge in [-0.2, -0.15) is 13.2 Å². The smallest absolute Gasteiger partial charge is 0.340 e. The molecular weight excluding hydrogens is 361 g/mol. The number of hydrogen-bond donors (Lipinski definition) is 0. The molecule has 0 unspecified atom stereocenters. The van der Waals surface area contributed by atoms with Crippen molar-refractivity contribution in [3.63, 3.8) is 0 Å². The summed E-state index contributed by atoms with van der Waals surface area (Å²) in [6.45, 7) is 1.76. The Morgan fingerprint density at radius 3 is 2.70 bits per heavy atom. The molecule has 0 atom stereocenters. The Kier molecular flexibility index (Phi) is 5.50. The summed E-state index contributed by atoms with van der Waals surface area (Å²) in [6, 6.07) is 5.28. The van der Waals surface area contributed by atoms with Crippen LogP contribution in [-0.2, 0) is 11.3 Å². The molecule has 2 aromatic rings. The van der Waals surface area contributed by atoms with E-state index in [9.17, 15) is 22.8 Å². The topological polar surface area (TPSA) is 58.4 Å². The Labute approximate surface area is 154 Å². The summed E-state index contributed by atoms with van der Waals surface area (Å²) < 4.78 is 38.9. The zero-order valence-electron chi connectivity index (χ0n) is 15.0. The van der Waals surface area contributed by atoms with Crippen LogP contribution in [-0.4, -0.2) is 64.2 Å². The minimum absolute atomic E-state index is 0.162. The second kappa shape index (κ2) is 7.67. The monoisotopic (exact) mass is 382 g/mol. The molecule has 1 aromatic carbocycles. The van der Waals surface area contributed by atoms with Gasteiger partial charge in [-0.1, -0.05) is 12.1 Å². The van der Waals surface area contributed by atoms with Crippen molar-refractivity contribution < 1.29 is 18.0 Å². The molecule has 1 saturated heterocycles. The normalized spacial score (nSPS) is 16.5. The van der Waals surface area contributed by atoms with Crippen LogP contribution in [0, 0.1) is 6.92 Å². The number of alkyl halides is 3. The number of fused-ring (bicyclic) bond motifs is 1. The van der Waals surface area contributed by atoms with Crippen molar-refractivity contribution in [1.29, 1.82) is 0 Å². The van der Waals surface area contributed by atoms with E-state index in [-0.39, 0.29) is 31.1 Å². The number of aromatic nitrogens is 2. The molecule has 27 heavy (non-hydrogen) atoms. The molecule has 1 aromatic heterocycles. The maximum Gasteiger partial charge on any atom is 0.401 e. The molecule has 146 valence electrons. The van der Waals surface area contributed by atoms with Gasteiger partial charge in [-0.25, -0.2) is 4.98 Å². The molecule has 9 heteroatoms. The van der Waals surface area contributed by atoms with Gasteiger partial charge in [0.15, 0.2) is 0 Å². The number of nitrogens with zero attached hydrogens (tertiary/aromatic N) is 4. The summed E-state index contributed by atoms with van der Waals surface area (Å²) in [6.07, 6.45) is -2.43. The van der Waals surface area contributed by atoms with E-state index in [1.54, 1.807) is 12.1 Å². The lowest BCUT2D eigenvalue weighted by atomic mass is 10.1. The molecule has 0 N–H and O–H groups in total. The first kappa shape index (κ1) is 19.3. The van der Waals surface area contributed by atoms with Gasteiger partial charge in [-0.3, -0.25) is 19.1 Å². The number of halogens is 3. The van der Waals surface area contributed by atoms with Crippen molar-refractivity contribution >= 4 is 16.8 Å². The summed E-state index contributed by atoms with van der Waals surface area (Å²) in [5.41, 5.74) is 1.18. The third-order valence-corrected chi connectivity index (χ3v) is 4.70. The van der Waals surface area contributed by atoms with Crippen LogP contribution in [0.2, 0.25) is 0 Å². The molecule has 1 aliphatic rings.